The Bertz CT molecular complexity index is 361. The van der Waals surface area contributed by atoms with Gasteiger partial charge in [-0.1, -0.05) is 12.1 Å². The molecule has 0 fully saturated rings. The van der Waals surface area contributed by atoms with E-state index < -0.39 is 0 Å². The van der Waals surface area contributed by atoms with Crippen LogP contribution in [0.3, 0.4) is 0 Å². The minimum Gasteiger partial charge on any atom is -0.494 e. The van der Waals surface area contributed by atoms with E-state index in [9.17, 15) is 4.79 Å². The van der Waals surface area contributed by atoms with Gasteiger partial charge in [-0.05, 0) is 38.0 Å². The lowest BCUT2D eigenvalue weighted by molar-refractivity contribution is -0.121. The summed E-state index contributed by atoms with van der Waals surface area (Å²) >= 11 is 0. The van der Waals surface area contributed by atoms with Gasteiger partial charge in [0.2, 0.25) is 5.91 Å². The Morgan fingerprint density at radius 1 is 1.39 bits per heavy atom. The number of nitrogens with one attached hydrogen (secondary N) is 1. The van der Waals surface area contributed by atoms with Crippen molar-refractivity contribution in [3.63, 3.8) is 0 Å². The molecule has 0 bridgehead atoms. The van der Waals surface area contributed by atoms with Crippen molar-refractivity contribution in [3.05, 3.63) is 29.8 Å². The van der Waals surface area contributed by atoms with E-state index in [1.165, 1.54) is 5.56 Å². The molecule has 0 spiro atoms. The van der Waals surface area contributed by atoms with Crippen molar-refractivity contribution < 1.29 is 9.53 Å². The molecule has 1 rings (SSSR count). The monoisotopic (exact) mass is 250 g/mol. The van der Waals surface area contributed by atoms with Crippen LogP contribution < -0.4 is 15.8 Å². The first kappa shape index (κ1) is 14.5. The van der Waals surface area contributed by atoms with Crippen LogP contribution in [0.4, 0.5) is 0 Å². The minimum atomic E-state index is -0.0875. The highest BCUT2D eigenvalue weighted by atomic mass is 16.5. The quantitative estimate of drug-likeness (QED) is 0.770. The second-order valence-corrected chi connectivity index (χ2v) is 4.36. The summed E-state index contributed by atoms with van der Waals surface area (Å²) in [5.41, 5.74) is 6.73. The molecule has 1 amide bonds. The second kappa shape index (κ2) is 7.71. The predicted molar refractivity (Wildman–Crippen MR) is 72.6 cm³/mol. The lowest BCUT2D eigenvalue weighted by Gasteiger charge is -2.08. The molecule has 0 saturated heterocycles. The summed E-state index contributed by atoms with van der Waals surface area (Å²) in [6, 6.07) is 7.84. The number of carbonyl (C=O) groups is 1. The molecule has 0 aliphatic carbocycles. The maximum atomic E-state index is 11.4. The molecule has 4 nitrogen and oxygen atoms in total. The van der Waals surface area contributed by atoms with E-state index in [1.807, 2.05) is 38.1 Å². The highest BCUT2D eigenvalue weighted by Gasteiger charge is 2.03. The summed E-state index contributed by atoms with van der Waals surface area (Å²) in [5, 5.41) is 2.85. The van der Waals surface area contributed by atoms with Gasteiger partial charge in [0.1, 0.15) is 5.75 Å². The molecule has 0 saturated carbocycles. The lowest BCUT2D eigenvalue weighted by atomic mass is 10.1. The molecular weight excluding hydrogens is 228 g/mol. The molecule has 3 N–H and O–H groups in total. The Morgan fingerprint density at radius 2 is 2.06 bits per heavy atom. The van der Waals surface area contributed by atoms with Crippen molar-refractivity contribution >= 4 is 5.91 Å². The predicted octanol–water partition coefficient (Wildman–Crippen LogP) is 1.48. The summed E-state index contributed by atoms with van der Waals surface area (Å²) in [6.45, 7) is 5.10. The van der Waals surface area contributed by atoms with Crippen LogP contribution in [-0.2, 0) is 11.2 Å². The number of carbonyl (C=O) groups excluding carboxylic acids is 1. The van der Waals surface area contributed by atoms with Crippen LogP contribution in [0.2, 0.25) is 0 Å². The largest absolute Gasteiger partial charge is 0.494 e. The van der Waals surface area contributed by atoms with Crippen molar-refractivity contribution in [2.24, 2.45) is 5.73 Å². The van der Waals surface area contributed by atoms with Gasteiger partial charge in [0, 0.05) is 19.0 Å². The van der Waals surface area contributed by atoms with Crippen molar-refractivity contribution in [2.45, 2.75) is 32.7 Å². The number of benzene rings is 1. The zero-order chi connectivity index (χ0) is 13.4. The first-order valence-electron chi connectivity index (χ1n) is 6.35. The molecule has 0 radical (unpaired) electrons. The van der Waals surface area contributed by atoms with E-state index in [0.29, 0.717) is 19.6 Å². The lowest BCUT2D eigenvalue weighted by Crippen LogP contribution is -2.31. The molecule has 1 unspecified atom stereocenters. The number of hydrogen-bond acceptors (Lipinski definition) is 3. The van der Waals surface area contributed by atoms with Crippen LogP contribution in [0.15, 0.2) is 24.3 Å². The SMILES string of the molecule is CCOc1ccc(CCNC(=O)CC(C)N)cc1. The van der Waals surface area contributed by atoms with Crippen molar-refractivity contribution in [1.29, 1.82) is 0 Å². The standard InChI is InChI=1S/C14H22N2O2/c1-3-18-13-6-4-12(5-7-13)8-9-16-14(17)10-11(2)15/h4-7,11H,3,8-10,15H2,1-2H3,(H,16,17). The maximum absolute atomic E-state index is 11.4. The number of rotatable bonds is 7. The average Bonchev–Trinajstić information content (AvgIpc) is 2.31. The Hall–Kier alpha value is -1.55. The molecular formula is C14H22N2O2. The zero-order valence-electron chi connectivity index (χ0n) is 11.1. The van der Waals surface area contributed by atoms with Gasteiger partial charge in [-0.2, -0.15) is 0 Å². The van der Waals surface area contributed by atoms with Gasteiger partial charge < -0.3 is 15.8 Å². The molecule has 1 aromatic carbocycles. The van der Waals surface area contributed by atoms with Gasteiger partial charge in [0.05, 0.1) is 6.61 Å². The molecule has 18 heavy (non-hydrogen) atoms. The second-order valence-electron chi connectivity index (χ2n) is 4.36. The van der Waals surface area contributed by atoms with E-state index in [4.69, 9.17) is 10.5 Å². The molecule has 0 aromatic heterocycles. The van der Waals surface area contributed by atoms with Crippen LogP contribution in [-0.4, -0.2) is 25.1 Å². The Labute approximate surface area is 109 Å². The smallest absolute Gasteiger partial charge is 0.221 e. The van der Waals surface area contributed by atoms with Crippen LogP contribution in [0.1, 0.15) is 25.8 Å². The van der Waals surface area contributed by atoms with Gasteiger partial charge in [0.15, 0.2) is 0 Å². The maximum Gasteiger partial charge on any atom is 0.221 e. The normalized spacial score (nSPS) is 11.9. The summed E-state index contributed by atoms with van der Waals surface area (Å²) in [4.78, 5) is 11.4. The Balaban J connectivity index is 2.28. The van der Waals surface area contributed by atoms with Crippen molar-refractivity contribution in [1.82, 2.24) is 5.32 Å². The van der Waals surface area contributed by atoms with Crippen molar-refractivity contribution in [3.8, 4) is 5.75 Å². The fourth-order valence-corrected chi connectivity index (χ4v) is 1.63. The molecule has 1 aromatic rings. The van der Waals surface area contributed by atoms with Gasteiger partial charge in [-0.3, -0.25) is 4.79 Å². The Kier molecular flexibility index (Phi) is 6.22. The molecule has 1 atom stereocenters. The van der Waals surface area contributed by atoms with E-state index in [1.54, 1.807) is 0 Å². The van der Waals surface area contributed by atoms with Crippen LogP contribution >= 0.6 is 0 Å². The molecule has 4 heteroatoms. The minimum absolute atomic E-state index is 0.0101. The number of hydrogen-bond donors (Lipinski definition) is 2. The van der Waals surface area contributed by atoms with Crippen LogP contribution in [0.5, 0.6) is 5.75 Å². The van der Waals surface area contributed by atoms with E-state index in [0.717, 1.165) is 12.2 Å². The number of ether oxygens (including phenoxy) is 1. The van der Waals surface area contributed by atoms with E-state index in [-0.39, 0.29) is 11.9 Å². The van der Waals surface area contributed by atoms with E-state index >= 15 is 0 Å². The number of amides is 1. The molecule has 0 aliphatic heterocycles. The molecule has 100 valence electrons. The third kappa shape index (κ3) is 5.68. The Morgan fingerprint density at radius 3 is 2.61 bits per heavy atom. The first-order chi connectivity index (χ1) is 8.61. The summed E-state index contributed by atoms with van der Waals surface area (Å²) < 4.78 is 5.36. The first-order valence-corrected chi connectivity index (χ1v) is 6.35. The van der Waals surface area contributed by atoms with Crippen LogP contribution in [0.25, 0.3) is 0 Å². The third-order valence-corrected chi connectivity index (χ3v) is 2.48. The topological polar surface area (TPSA) is 64.3 Å². The summed E-state index contributed by atoms with van der Waals surface area (Å²) in [5.74, 6) is 0.887. The molecule has 0 heterocycles. The fraction of sp³-hybridized carbons (Fsp3) is 0.500. The highest BCUT2D eigenvalue weighted by Crippen LogP contribution is 2.12. The van der Waals surface area contributed by atoms with Gasteiger partial charge in [-0.15, -0.1) is 0 Å². The summed E-state index contributed by atoms with van der Waals surface area (Å²) in [6.07, 6.45) is 1.19. The van der Waals surface area contributed by atoms with Gasteiger partial charge >= 0.3 is 0 Å². The average molecular weight is 250 g/mol. The zero-order valence-corrected chi connectivity index (χ0v) is 11.1. The highest BCUT2D eigenvalue weighted by molar-refractivity contribution is 5.76. The van der Waals surface area contributed by atoms with Crippen LogP contribution in [0, 0.1) is 0 Å². The van der Waals surface area contributed by atoms with E-state index in [2.05, 4.69) is 5.32 Å². The number of nitrogens with two attached hydrogens (primary N) is 1. The third-order valence-electron chi connectivity index (χ3n) is 2.48. The fourth-order valence-electron chi connectivity index (χ4n) is 1.63. The van der Waals surface area contributed by atoms with Gasteiger partial charge in [0.25, 0.3) is 0 Å². The molecule has 0 aliphatic rings. The van der Waals surface area contributed by atoms with Crippen molar-refractivity contribution in [2.75, 3.05) is 13.2 Å². The summed E-state index contributed by atoms with van der Waals surface area (Å²) in [7, 11) is 0. The van der Waals surface area contributed by atoms with Gasteiger partial charge in [-0.25, -0.2) is 0 Å².